The molecule has 0 aromatic heterocycles. The average molecular weight is 196 g/mol. The highest BCUT2D eigenvalue weighted by Crippen LogP contribution is 2.21. The summed E-state index contributed by atoms with van der Waals surface area (Å²) in [7, 11) is 1.59. The molecular formula is C9H8ClN2O+. The molecule has 0 amide bonds. The predicted octanol–water partition coefficient (Wildman–Crippen LogP) is 3.09. The number of hydrogen-bond acceptors (Lipinski definition) is 2. The second-order valence-corrected chi connectivity index (χ2v) is 2.73. The summed E-state index contributed by atoms with van der Waals surface area (Å²) >= 11 is 5.77. The van der Waals surface area contributed by atoms with Crippen molar-refractivity contribution in [2.45, 2.75) is 0 Å². The van der Waals surface area contributed by atoms with Gasteiger partial charge in [-0.2, -0.15) is 0 Å². The highest BCUT2D eigenvalue weighted by molar-refractivity contribution is 6.48. The van der Waals surface area contributed by atoms with Crippen LogP contribution in [-0.4, -0.2) is 7.11 Å². The lowest BCUT2D eigenvalue weighted by Crippen LogP contribution is -1.82. The third-order valence-electron chi connectivity index (χ3n) is 1.54. The monoisotopic (exact) mass is 195 g/mol. The number of diazo groups is 1. The molecule has 0 aliphatic rings. The van der Waals surface area contributed by atoms with Crippen LogP contribution in [0.3, 0.4) is 0 Å². The lowest BCUT2D eigenvalue weighted by Gasteiger charge is -1.99. The summed E-state index contributed by atoms with van der Waals surface area (Å²) in [6.45, 7) is 0. The highest BCUT2D eigenvalue weighted by Gasteiger charge is 2.02. The van der Waals surface area contributed by atoms with E-state index in [9.17, 15) is 0 Å². The fourth-order valence-electron chi connectivity index (χ4n) is 0.875. The van der Waals surface area contributed by atoms with Crippen LogP contribution in [0.1, 0.15) is 5.56 Å². The zero-order valence-corrected chi connectivity index (χ0v) is 7.82. The van der Waals surface area contributed by atoms with Gasteiger partial charge in [-0.3, -0.25) is 0 Å². The zero-order chi connectivity index (χ0) is 9.68. The Morgan fingerprint density at radius 1 is 1.46 bits per heavy atom. The van der Waals surface area contributed by atoms with E-state index in [0.717, 1.165) is 11.3 Å². The molecule has 0 heterocycles. The molecule has 66 valence electrons. The third-order valence-corrected chi connectivity index (χ3v) is 1.85. The maximum absolute atomic E-state index is 8.24. The van der Waals surface area contributed by atoms with Gasteiger partial charge in [-0.05, 0) is 24.3 Å². The van der Waals surface area contributed by atoms with Gasteiger partial charge in [0.25, 0.3) is 0 Å². The molecule has 0 aliphatic carbocycles. The summed E-state index contributed by atoms with van der Waals surface area (Å²) in [5.74, 6) is 0.758. The van der Waals surface area contributed by atoms with Crippen LogP contribution in [0.4, 0.5) is 0 Å². The molecular weight excluding hydrogens is 188 g/mol. The van der Waals surface area contributed by atoms with Gasteiger partial charge in [-0.15, -0.1) is 0 Å². The van der Waals surface area contributed by atoms with Crippen molar-refractivity contribution in [3.05, 3.63) is 41.0 Å². The van der Waals surface area contributed by atoms with Crippen molar-refractivity contribution in [2.24, 2.45) is 0 Å². The summed E-state index contributed by atoms with van der Waals surface area (Å²) in [6.07, 6.45) is 1.17. The van der Waals surface area contributed by atoms with Gasteiger partial charge in [0.2, 0.25) is 5.39 Å². The minimum atomic E-state index is 0.380. The maximum Gasteiger partial charge on any atom is 0.369 e. The molecule has 1 rings (SSSR count). The average Bonchev–Trinajstić information content (AvgIpc) is 2.18. The lowest BCUT2D eigenvalue weighted by molar-refractivity contribution is 0.415. The van der Waals surface area contributed by atoms with E-state index in [-0.39, 0.29) is 0 Å². The SMILES string of the molecule is COc1ccc(/C(Cl)=C\[N+]#N)cc1. The molecule has 3 nitrogen and oxygen atoms in total. The summed E-state index contributed by atoms with van der Waals surface area (Å²) in [5, 5.41) is 8.62. The molecule has 1 aromatic rings. The number of rotatable bonds is 2. The Morgan fingerprint density at radius 2 is 2.08 bits per heavy atom. The number of hydrogen-bond donors (Lipinski definition) is 0. The summed E-state index contributed by atoms with van der Waals surface area (Å²) in [6, 6.07) is 7.12. The van der Waals surface area contributed by atoms with Crippen LogP contribution in [0.15, 0.2) is 30.5 Å². The van der Waals surface area contributed by atoms with Crippen LogP contribution < -0.4 is 4.74 Å². The molecule has 1 aromatic carbocycles. The molecule has 13 heavy (non-hydrogen) atoms. The molecule has 0 bridgehead atoms. The van der Waals surface area contributed by atoms with E-state index in [0.29, 0.717) is 5.03 Å². The van der Waals surface area contributed by atoms with Crippen LogP contribution in [0.25, 0.3) is 10.0 Å². The van der Waals surface area contributed by atoms with Crippen LogP contribution in [0.2, 0.25) is 0 Å². The molecule has 0 atom stereocenters. The molecule has 0 aliphatic heterocycles. The predicted molar refractivity (Wildman–Crippen MR) is 51.9 cm³/mol. The Bertz CT molecular complexity index is 351. The number of benzene rings is 1. The van der Waals surface area contributed by atoms with E-state index in [2.05, 4.69) is 4.98 Å². The quantitative estimate of drug-likeness (QED) is 0.680. The van der Waals surface area contributed by atoms with Gasteiger partial charge in [0.05, 0.1) is 7.11 Å². The highest BCUT2D eigenvalue weighted by atomic mass is 35.5. The Kier molecular flexibility index (Phi) is 3.30. The maximum atomic E-state index is 8.24. The van der Waals surface area contributed by atoms with Crippen LogP contribution in [0.5, 0.6) is 5.75 Å². The second-order valence-electron chi connectivity index (χ2n) is 2.32. The van der Waals surface area contributed by atoms with Crippen molar-refractivity contribution >= 4 is 16.6 Å². The van der Waals surface area contributed by atoms with Gasteiger partial charge >= 0.3 is 6.20 Å². The van der Waals surface area contributed by atoms with Crippen molar-refractivity contribution < 1.29 is 4.74 Å². The van der Waals surface area contributed by atoms with Gasteiger partial charge in [-0.25, -0.2) is 0 Å². The smallest absolute Gasteiger partial charge is 0.369 e. The number of halogens is 1. The molecule has 0 fully saturated rings. The van der Waals surface area contributed by atoms with Gasteiger partial charge < -0.3 is 4.74 Å². The summed E-state index contributed by atoms with van der Waals surface area (Å²) < 4.78 is 4.97. The van der Waals surface area contributed by atoms with Gasteiger partial charge in [-0.1, -0.05) is 11.6 Å². The van der Waals surface area contributed by atoms with Crippen LogP contribution in [-0.2, 0) is 0 Å². The summed E-state index contributed by atoms with van der Waals surface area (Å²) in [5.41, 5.74) is 0.778. The largest absolute Gasteiger partial charge is 0.497 e. The van der Waals surface area contributed by atoms with Gasteiger partial charge in [0.1, 0.15) is 10.8 Å². The third kappa shape index (κ3) is 2.46. The van der Waals surface area contributed by atoms with Gasteiger partial charge in [0, 0.05) is 5.56 Å². The molecule has 4 heteroatoms. The number of ether oxygens (including phenoxy) is 1. The minimum absolute atomic E-state index is 0.380. The van der Waals surface area contributed by atoms with Crippen molar-refractivity contribution in [2.75, 3.05) is 7.11 Å². The van der Waals surface area contributed by atoms with E-state index in [1.807, 2.05) is 0 Å². The molecule has 0 saturated carbocycles. The first-order valence-corrected chi connectivity index (χ1v) is 4.00. The molecule has 0 spiro atoms. The fraction of sp³-hybridized carbons (Fsp3) is 0.111. The molecule has 0 radical (unpaired) electrons. The molecule has 0 N–H and O–H groups in total. The Morgan fingerprint density at radius 3 is 2.54 bits per heavy atom. The first-order chi connectivity index (χ1) is 6.27. The molecule has 0 unspecified atom stereocenters. The Hall–Kier alpha value is -1.53. The Labute approximate surface area is 81.2 Å². The van der Waals surface area contributed by atoms with E-state index < -0.39 is 0 Å². The normalized spacial score (nSPS) is 10.7. The Balaban J connectivity index is 2.94. The van der Waals surface area contributed by atoms with Crippen molar-refractivity contribution in [1.29, 1.82) is 5.39 Å². The van der Waals surface area contributed by atoms with Gasteiger partial charge in [0.15, 0.2) is 4.98 Å². The minimum Gasteiger partial charge on any atom is -0.497 e. The summed E-state index contributed by atoms with van der Waals surface area (Å²) in [4.78, 5) is 2.83. The van der Waals surface area contributed by atoms with Crippen LogP contribution in [0, 0.1) is 5.39 Å². The van der Waals surface area contributed by atoms with E-state index in [1.54, 1.807) is 31.4 Å². The molecule has 0 saturated heterocycles. The standard InChI is InChI=1S/C9H8ClN2O/c1-13-8-4-2-7(3-5-8)9(10)6-12-11/h2-6H,1H3/q+1/b9-6+. The number of nitrogens with zero attached hydrogens (tertiary/aromatic N) is 2. The van der Waals surface area contributed by atoms with E-state index in [1.165, 1.54) is 6.20 Å². The van der Waals surface area contributed by atoms with Crippen molar-refractivity contribution in [3.8, 4) is 5.75 Å². The first-order valence-electron chi connectivity index (χ1n) is 3.62. The second kappa shape index (κ2) is 4.48. The topological polar surface area (TPSA) is 37.4 Å². The van der Waals surface area contributed by atoms with Crippen molar-refractivity contribution in [1.82, 2.24) is 0 Å². The fourth-order valence-corrected chi connectivity index (χ4v) is 1.05. The first kappa shape index (κ1) is 9.56. The zero-order valence-electron chi connectivity index (χ0n) is 7.07. The van der Waals surface area contributed by atoms with Crippen molar-refractivity contribution in [3.63, 3.8) is 0 Å². The van der Waals surface area contributed by atoms with E-state index >= 15 is 0 Å². The van der Waals surface area contributed by atoms with E-state index in [4.69, 9.17) is 21.7 Å². The lowest BCUT2D eigenvalue weighted by atomic mass is 10.2. The number of methoxy groups -OCH3 is 1. The van der Waals surface area contributed by atoms with Crippen LogP contribution >= 0.6 is 11.6 Å².